The predicted octanol–water partition coefficient (Wildman–Crippen LogP) is 3.98. The number of ether oxygens (including phenoxy) is 4. The fourth-order valence-corrected chi connectivity index (χ4v) is 3.19. The van der Waals surface area contributed by atoms with Gasteiger partial charge in [0.1, 0.15) is 5.54 Å². The fraction of sp³-hybridized carbons (Fsp3) is 0.630. The lowest BCUT2D eigenvalue weighted by Gasteiger charge is -2.27. The predicted molar refractivity (Wildman–Crippen MR) is 134 cm³/mol. The minimum absolute atomic E-state index is 0.00168. The molecule has 0 aliphatic heterocycles. The van der Waals surface area contributed by atoms with Gasteiger partial charge in [-0.1, -0.05) is 33.8 Å². The Labute approximate surface area is 214 Å². The largest absolute Gasteiger partial charge is 0.468 e. The first-order chi connectivity index (χ1) is 16.6. The van der Waals surface area contributed by atoms with Crippen molar-refractivity contribution >= 4 is 23.9 Å². The third-order valence-corrected chi connectivity index (χ3v) is 5.11. The molecule has 0 heterocycles. The quantitative estimate of drug-likeness (QED) is 0.329. The van der Waals surface area contributed by atoms with Gasteiger partial charge in [0, 0.05) is 25.7 Å². The molecule has 0 amide bonds. The third kappa shape index (κ3) is 10.4. The average Bonchev–Trinajstić information content (AvgIpc) is 2.73. The standard InChI is InChI=1S/C27H41NO8/c1-17(2)13-22(29)35-20-10-9-19(15-21(20)36-23(30)14-18(3)4)16-27(28,25(32)33-8)11-12-34-24(31)26(5,6)7/h9-10,15,17-18H,11-14,16,28H2,1-8H3/t27-/m1/s1. The molecule has 0 saturated carbocycles. The lowest BCUT2D eigenvalue weighted by molar-refractivity contribution is -0.156. The van der Waals surface area contributed by atoms with Crippen molar-refractivity contribution in [3.63, 3.8) is 0 Å². The van der Waals surface area contributed by atoms with Gasteiger partial charge in [-0.05, 0) is 50.3 Å². The van der Waals surface area contributed by atoms with Gasteiger partial charge < -0.3 is 24.7 Å². The molecule has 0 spiro atoms. The molecule has 9 nitrogen and oxygen atoms in total. The van der Waals surface area contributed by atoms with Gasteiger partial charge in [-0.2, -0.15) is 0 Å². The first kappa shape index (κ1) is 31.1. The van der Waals surface area contributed by atoms with Gasteiger partial charge in [0.2, 0.25) is 0 Å². The number of esters is 4. The van der Waals surface area contributed by atoms with Crippen LogP contribution in [0.1, 0.15) is 73.3 Å². The van der Waals surface area contributed by atoms with Crippen LogP contribution in [-0.4, -0.2) is 43.1 Å². The minimum atomic E-state index is -1.51. The molecule has 0 radical (unpaired) electrons. The second-order valence-corrected chi connectivity index (χ2v) is 10.9. The molecule has 0 bridgehead atoms. The molecule has 0 saturated heterocycles. The van der Waals surface area contributed by atoms with Crippen molar-refractivity contribution in [2.24, 2.45) is 23.0 Å². The van der Waals surface area contributed by atoms with Crippen LogP contribution in [0.2, 0.25) is 0 Å². The normalized spacial score (nSPS) is 13.2. The molecule has 1 aromatic carbocycles. The molecule has 0 aliphatic carbocycles. The summed E-state index contributed by atoms with van der Waals surface area (Å²) in [6.07, 6.45) is 0.380. The van der Waals surface area contributed by atoms with Crippen molar-refractivity contribution in [3.05, 3.63) is 23.8 Å². The van der Waals surface area contributed by atoms with Crippen molar-refractivity contribution < 1.29 is 38.1 Å². The lowest BCUT2D eigenvalue weighted by Crippen LogP contribution is -2.51. The topological polar surface area (TPSA) is 131 Å². The first-order valence-electron chi connectivity index (χ1n) is 12.2. The summed E-state index contributed by atoms with van der Waals surface area (Å²) in [6, 6.07) is 4.65. The van der Waals surface area contributed by atoms with E-state index >= 15 is 0 Å². The van der Waals surface area contributed by atoms with Gasteiger partial charge in [0.05, 0.1) is 19.1 Å². The Kier molecular flexibility index (Phi) is 11.6. The highest BCUT2D eigenvalue weighted by Gasteiger charge is 2.36. The van der Waals surface area contributed by atoms with E-state index in [0.717, 1.165) is 0 Å². The van der Waals surface area contributed by atoms with Crippen molar-refractivity contribution in [1.29, 1.82) is 0 Å². The molecule has 0 unspecified atom stereocenters. The highest BCUT2D eigenvalue weighted by atomic mass is 16.6. The van der Waals surface area contributed by atoms with E-state index in [9.17, 15) is 19.2 Å². The number of carbonyl (C=O) groups excluding carboxylic acids is 4. The molecule has 9 heteroatoms. The van der Waals surface area contributed by atoms with Gasteiger partial charge in [0.25, 0.3) is 0 Å². The number of methoxy groups -OCH3 is 1. The SMILES string of the molecule is COC(=O)[C@@](N)(CCOC(=O)C(C)(C)C)Cc1ccc(OC(=O)CC(C)C)c(OC(=O)CC(C)C)c1. The lowest BCUT2D eigenvalue weighted by atomic mass is 9.88. The maximum absolute atomic E-state index is 12.6. The van der Waals surface area contributed by atoms with Crippen molar-refractivity contribution in [3.8, 4) is 11.5 Å². The Bertz CT molecular complexity index is 932. The van der Waals surface area contributed by atoms with Crippen LogP contribution in [0.15, 0.2) is 18.2 Å². The maximum Gasteiger partial charge on any atom is 0.326 e. The van der Waals surface area contributed by atoms with Crippen LogP contribution in [-0.2, 0) is 35.1 Å². The van der Waals surface area contributed by atoms with E-state index in [4.69, 9.17) is 24.7 Å². The molecule has 2 N–H and O–H groups in total. The summed E-state index contributed by atoms with van der Waals surface area (Å²) in [4.78, 5) is 49.3. The zero-order chi connectivity index (χ0) is 27.7. The number of benzene rings is 1. The van der Waals surface area contributed by atoms with E-state index in [1.165, 1.54) is 19.2 Å². The van der Waals surface area contributed by atoms with E-state index < -0.39 is 34.8 Å². The van der Waals surface area contributed by atoms with Crippen LogP contribution in [0.5, 0.6) is 11.5 Å². The molecule has 0 fully saturated rings. The van der Waals surface area contributed by atoms with Crippen molar-refractivity contribution in [2.75, 3.05) is 13.7 Å². The van der Waals surface area contributed by atoms with Gasteiger partial charge in [0.15, 0.2) is 11.5 Å². The molecule has 0 aromatic heterocycles. The van der Waals surface area contributed by atoms with E-state index in [2.05, 4.69) is 0 Å². The summed E-state index contributed by atoms with van der Waals surface area (Å²) < 4.78 is 21.1. The fourth-order valence-electron chi connectivity index (χ4n) is 3.19. The number of nitrogens with two attached hydrogens (primary N) is 1. The van der Waals surface area contributed by atoms with Crippen LogP contribution in [0.3, 0.4) is 0 Å². The smallest absolute Gasteiger partial charge is 0.326 e. The van der Waals surface area contributed by atoms with Gasteiger partial charge >= 0.3 is 23.9 Å². The molecule has 0 aliphatic rings. The molecule has 202 valence electrons. The minimum Gasteiger partial charge on any atom is -0.468 e. The second-order valence-electron chi connectivity index (χ2n) is 10.9. The molecular weight excluding hydrogens is 466 g/mol. The molecule has 1 rings (SSSR count). The molecule has 1 atom stereocenters. The molecule has 1 aromatic rings. The van der Waals surface area contributed by atoms with Gasteiger partial charge in [-0.15, -0.1) is 0 Å². The summed E-state index contributed by atoms with van der Waals surface area (Å²) in [7, 11) is 1.22. The number of carbonyl (C=O) groups is 4. The summed E-state index contributed by atoms with van der Waals surface area (Å²) in [5, 5.41) is 0. The van der Waals surface area contributed by atoms with Crippen molar-refractivity contribution in [2.45, 2.75) is 79.7 Å². The van der Waals surface area contributed by atoms with Gasteiger partial charge in [-0.25, -0.2) is 0 Å². The van der Waals surface area contributed by atoms with Crippen LogP contribution in [0, 0.1) is 17.3 Å². The number of rotatable bonds is 12. The highest BCUT2D eigenvalue weighted by molar-refractivity contribution is 5.81. The van der Waals surface area contributed by atoms with E-state index in [-0.39, 0.29) is 55.6 Å². The Morgan fingerprint density at radius 1 is 0.861 bits per heavy atom. The zero-order valence-corrected chi connectivity index (χ0v) is 22.8. The van der Waals surface area contributed by atoms with Crippen LogP contribution in [0.25, 0.3) is 0 Å². The van der Waals surface area contributed by atoms with E-state index in [0.29, 0.717) is 5.56 Å². The van der Waals surface area contributed by atoms with Crippen molar-refractivity contribution in [1.82, 2.24) is 0 Å². The Balaban J connectivity index is 3.20. The number of hydrogen-bond donors (Lipinski definition) is 1. The Hall–Kier alpha value is -2.94. The highest BCUT2D eigenvalue weighted by Crippen LogP contribution is 2.32. The van der Waals surface area contributed by atoms with Gasteiger partial charge in [-0.3, -0.25) is 19.2 Å². The zero-order valence-electron chi connectivity index (χ0n) is 22.8. The Morgan fingerprint density at radius 2 is 1.39 bits per heavy atom. The summed E-state index contributed by atoms with van der Waals surface area (Å²) in [5.74, 6) is -1.72. The van der Waals surface area contributed by atoms with Crippen LogP contribution in [0.4, 0.5) is 0 Å². The second kappa shape index (κ2) is 13.4. The average molecular weight is 508 g/mol. The summed E-state index contributed by atoms with van der Waals surface area (Å²) in [6.45, 7) is 12.6. The molecular formula is C27H41NO8. The van der Waals surface area contributed by atoms with E-state index in [1.54, 1.807) is 26.8 Å². The molecule has 36 heavy (non-hydrogen) atoms. The summed E-state index contributed by atoms with van der Waals surface area (Å²) >= 11 is 0. The Morgan fingerprint density at radius 3 is 1.86 bits per heavy atom. The van der Waals surface area contributed by atoms with Crippen LogP contribution >= 0.6 is 0 Å². The first-order valence-corrected chi connectivity index (χ1v) is 12.2. The third-order valence-electron chi connectivity index (χ3n) is 5.11. The van der Waals surface area contributed by atoms with Crippen LogP contribution < -0.4 is 15.2 Å². The summed E-state index contributed by atoms with van der Waals surface area (Å²) in [5.41, 5.74) is 4.75. The maximum atomic E-state index is 12.6. The number of hydrogen-bond acceptors (Lipinski definition) is 9. The van der Waals surface area contributed by atoms with E-state index in [1.807, 2.05) is 27.7 Å². The monoisotopic (exact) mass is 507 g/mol.